The molecule has 0 saturated carbocycles. The van der Waals surface area contributed by atoms with Crippen LogP contribution in [0.15, 0.2) is 21.8 Å². The molecule has 0 saturated heterocycles. The molecule has 2 rings (SSSR count). The van der Waals surface area contributed by atoms with Crippen LogP contribution in [0.25, 0.3) is 0 Å². The van der Waals surface area contributed by atoms with Crippen molar-refractivity contribution in [3.8, 4) is 0 Å². The highest BCUT2D eigenvalue weighted by atomic mass is 32.1. The number of nitrogens with one attached hydrogen (secondary N) is 1. The quantitative estimate of drug-likeness (QED) is 0.782. The van der Waals surface area contributed by atoms with Gasteiger partial charge in [0.25, 0.3) is 6.02 Å². The molecule has 0 radical (unpaired) electrons. The third kappa shape index (κ3) is 2.01. The van der Waals surface area contributed by atoms with Crippen molar-refractivity contribution in [1.82, 2.24) is 5.32 Å². The summed E-state index contributed by atoms with van der Waals surface area (Å²) in [5.74, 6) is 0. The summed E-state index contributed by atoms with van der Waals surface area (Å²) in [6, 6.07) is 3.07. The lowest BCUT2D eigenvalue weighted by Crippen LogP contribution is -2.26. The maximum atomic E-state index is 5.26. The molecule has 1 aromatic rings. The van der Waals surface area contributed by atoms with Crippen LogP contribution < -0.4 is 5.32 Å². The van der Waals surface area contributed by atoms with Gasteiger partial charge in [-0.15, -0.1) is 0 Å². The molecule has 3 nitrogen and oxygen atoms in total. The lowest BCUT2D eigenvalue weighted by Gasteiger charge is -2.12. The van der Waals surface area contributed by atoms with Gasteiger partial charge in [0.05, 0.1) is 12.6 Å². The van der Waals surface area contributed by atoms with E-state index in [9.17, 15) is 0 Å². The number of ether oxygens (including phenoxy) is 1. The van der Waals surface area contributed by atoms with E-state index in [1.165, 1.54) is 5.56 Å². The third-order valence-electron chi connectivity index (χ3n) is 1.97. The van der Waals surface area contributed by atoms with E-state index in [4.69, 9.17) is 4.74 Å². The Hall–Kier alpha value is -1.03. The second-order valence-electron chi connectivity index (χ2n) is 2.96. The number of hydrogen-bond donors (Lipinski definition) is 1. The Morgan fingerprint density at radius 3 is 3.23 bits per heavy atom. The molecule has 0 aromatic carbocycles. The summed E-state index contributed by atoms with van der Waals surface area (Å²) in [7, 11) is 0. The first-order chi connectivity index (χ1) is 6.36. The molecule has 1 aliphatic heterocycles. The van der Waals surface area contributed by atoms with Gasteiger partial charge in [-0.05, 0) is 29.3 Å². The highest BCUT2D eigenvalue weighted by Crippen LogP contribution is 2.15. The lowest BCUT2D eigenvalue weighted by atomic mass is 10.2. The van der Waals surface area contributed by atoms with Crippen molar-refractivity contribution in [3.63, 3.8) is 0 Å². The van der Waals surface area contributed by atoms with Gasteiger partial charge in [-0.25, -0.2) is 4.99 Å². The Balaban J connectivity index is 1.95. The molecule has 2 heterocycles. The van der Waals surface area contributed by atoms with Gasteiger partial charge in [-0.1, -0.05) is 0 Å². The molecular weight excluding hydrogens is 184 g/mol. The van der Waals surface area contributed by atoms with E-state index < -0.39 is 0 Å². The molecule has 70 valence electrons. The fourth-order valence-electron chi connectivity index (χ4n) is 1.21. The molecule has 1 aromatic heterocycles. The zero-order valence-electron chi connectivity index (χ0n) is 7.49. The van der Waals surface area contributed by atoms with Gasteiger partial charge in [0.2, 0.25) is 0 Å². The van der Waals surface area contributed by atoms with E-state index in [-0.39, 0.29) is 6.04 Å². The average Bonchev–Trinajstić information content (AvgIpc) is 2.74. The van der Waals surface area contributed by atoms with Crippen molar-refractivity contribution in [3.05, 3.63) is 22.4 Å². The van der Waals surface area contributed by atoms with E-state index in [0.717, 1.165) is 6.54 Å². The molecule has 0 spiro atoms. The molecule has 0 bridgehead atoms. The Bertz CT molecular complexity index is 295. The predicted octanol–water partition coefficient (Wildman–Crippen LogP) is 1.78. The number of hydrogen-bond acceptors (Lipinski definition) is 4. The monoisotopic (exact) mass is 196 g/mol. The van der Waals surface area contributed by atoms with E-state index >= 15 is 0 Å². The second kappa shape index (κ2) is 3.79. The Morgan fingerprint density at radius 1 is 1.69 bits per heavy atom. The molecule has 4 heteroatoms. The van der Waals surface area contributed by atoms with Crippen LogP contribution in [0, 0.1) is 0 Å². The smallest absolute Gasteiger partial charge is 0.285 e. The topological polar surface area (TPSA) is 33.6 Å². The summed E-state index contributed by atoms with van der Waals surface area (Å²) < 4.78 is 5.26. The normalized spacial score (nSPS) is 17.8. The number of nitrogens with zero attached hydrogens (tertiary/aromatic N) is 1. The second-order valence-corrected chi connectivity index (χ2v) is 3.74. The third-order valence-corrected chi connectivity index (χ3v) is 2.67. The van der Waals surface area contributed by atoms with Gasteiger partial charge in [-0.3, -0.25) is 0 Å². The van der Waals surface area contributed by atoms with Crippen LogP contribution in [0.2, 0.25) is 0 Å². The molecule has 1 atom stereocenters. The maximum Gasteiger partial charge on any atom is 0.285 e. The summed E-state index contributed by atoms with van der Waals surface area (Å²) in [5.41, 5.74) is 1.28. The molecule has 0 unspecified atom stereocenters. The Morgan fingerprint density at radius 2 is 2.62 bits per heavy atom. The minimum absolute atomic E-state index is 0.281. The van der Waals surface area contributed by atoms with E-state index in [1.807, 2.05) is 0 Å². The van der Waals surface area contributed by atoms with Crippen LogP contribution in [0.3, 0.4) is 0 Å². The van der Waals surface area contributed by atoms with Crippen molar-refractivity contribution in [2.75, 3.05) is 13.2 Å². The van der Waals surface area contributed by atoms with Crippen molar-refractivity contribution in [1.29, 1.82) is 0 Å². The maximum absolute atomic E-state index is 5.26. The van der Waals surface area contributed by atoms with Crippen LogP contribution in [-0.4, -0.2) is 19.2 Å². The molecule has 0 fully saturated rings. The van der Waals surface area contributed by atoms with E-state index in [1.54, 1.807) is 11.3 Å². The number of amidine groups is 1. The number of rotatable bonds is 2. The van der Waals surface area contributed by atoms with Crippen LogP contribution in [0.5, 0.6) is 0 Å². The van der Waals surface area contributed by atoms with Gasteiger partial charge < -0.3 is 10.1 Å². The lowest BCUT2D eigenvalue weighted by molar-refractivity contribution is 0.327. The standard InChI is InChI=1S/C9H12N2OS/c1-7(8-2-5-13-6-8)11-9-10-3-4-12-9/h2,5-7H,3-4H2,1H3,(H,10,11)/t7-/m1/s1. The number of thiophene rings is 1. The van der Waals surface area contributed by atoms with Crippen LogP contribution >= 0.6 is 11.3 Å². The van der Waals surface area contributed by atoms with Crippen molar-refractivity contribution < 1.29 is 4.74 Å². The zero-order chi connectivity index (χ0) is 9.10. The first kappa shape index (κ1) is 8.56. The fourth-order valence-corrected chi connectivity index (χ4v) is 1.97. The van der Waals surface area contributed by atoms with Gasteiger partial charge in [0, 0.05) is 0 Å². The first-order valence-electron chi connectivity index (χ1n) is 4.32. The zero-order valence-corrected chi connectivity index (χ0v) is 8.30. The van der Waals surface area contributed by atoms with Crippen LogP contribution in [0.4, 0.5) is 0 Å². The molecule has 0 aliphatic carbocycles. The van der Waals surface area contributed by atoms with Crippen LogP contribution in [0.1, 0.15) is 18.5 Å². The summed E-state index contributed by atoms with van der Waals surface area (Å²) >= 11 is 1.71. The minimum Gasteiger partial charge on any atom is -0.463 e. The van der Waals surface area contributed by atoms with E-state index in [0.29, 0.717) is 12.6 Å². The highest BCUT2D eigenvalue weighted by molar-refractivity contribution is 7.07. The Labute approximate surface area is 81.4 Å². The summed E-state index contributed by atoms with van der Waals surface area (Å²) in [6.45, 7) is 3.59. The van der Waals surface area contributed by atoms with Crippen LogP contribution in [-0.2, 0) is 4.74 Å². The summed E-state index contributed by atoms with van der Waals surface area (Å²) in [6.07, 6.45) is 0. The van der Waals surface area contributed by atoms with Gasteiger partial charge >= 0.3 is 0 Å². The minimum atomic E-state index is 0.281. The summed E-state index contributed by atoms with van der Waals surface area (Å²) in [5, 5.41) is 7.42. The van der Waals surface area contributed by atoms with Gasteiger partial charge in [0.15, 0.2) is 0 Å². The van der Waals surface area contributed by atoms with Crippen molar-refractivity contribution in [2.24, 2.45) is 4.99 Å². The SMILES string of the molecule is C[C@@H](NC1=NCCO1)c1ccsc1. The summed E-state index contributed by atoms with van der Waals surface area (Å²) in [4.78, 5) is 4.17. The predicted molar refractivity (Wildman–Crippen MR) is 54.1 cm³/mol. The molecule has 1 aliphatic rings. The molecule has 1 N–H and O–H groups in total. The van der Waals surface area contributed by atoms with E-state index in [2.05, 4.69) is 34.1 Å². The largest absolute Gasteiger partial charge is 0.463 e. The number of aliphatic imine (C=N–C) groups is 1. The average molecular weight is 196 g/mol. The van der Waals surface area contributed by atoms with Crippen molar-refractivity contribution in [2.45, 2.75) is 13.0 Å². The fraction of sp³-hybridized carbons (Fsp3) is 0.444. The Kier molecular flexibility index (Phi) is 2.49. The van der Waals surface area contributed by atoms with Gasteiger partial charge in [-0.2, -0.15) is 11.3 Å². The highest BCUT2D eigenvalue weighted by Gasteiger charge is 2.11. The first-order valence-corrected chi connectivity index (χ1v) is 5.26. The molecule has 0 amide bonds. The molecular formula is C9H12N2OS. The molecule has 13 heavy (non-hydrogen) atoms. The van der Waals surface area contributed by atoms with Gasteiger partial charge in [0.1, 0.15) is 6.61 Å². The van der Waals surface area contributed by atoms with Crippen molar-refractivity contribution >= 4 is 17.4 Å².